The number of carbonyl (C=O) groups excluding carboxylic acids is 1. The van der Waals surface area contributed by atoms with Crippen LogP contribution in [0.3, 0.4) is 0 Å². The monoisotopic (exact) mass is 309 g/mol. The maximum atomic E-state index is 12.0. The Morgan fingerprint density at radius 3 is 2.60 bits per heavy atom. The molecule has 106 valence electrons. The summed E-state index contributed by atoms with van der Waals surface area (Å²) in [4.78, 5) is 15.1. The van der Waals surface area contributed by atoms with Crippen molar-refractivity contribution in [1.82, 2.24) is 10.3 Å². The number of hydrogen-bond acceptors (Lipinski definition) is 4. The molecule has 0 aliphatic heterocycles. The summed E-state index contributed by atoms with van der Waals surface area (Å²) in [5, 5.41) is 0. The number of nitrogens with one attached hydrogen (secondary N) is 1. The van der Waals surface area contributed by atoms with E-state index in [0.717, 1.165) is 14.8 Å². The van der Waals surface area contributed by atoms with Gasteiger partial charge in [0.15, 0.2) is 0 Å². The van der Waals surface area contributed by atoms with Crippen LogP contribution in [0.5, 0.6) is 0 Å². The van der Waals surface area contributed by atoms with Crippen LogP contribution < -0.4 is 11.3 Å². The number of amides is 1. The van der Waals surface area contributed by atoms with Gasteiger partial charge in [0.2, 0.25) is 0 Å². The quantitative estimate of drug-likeness (QED) is 0.507. The lowest BCUT2D eigenvalue weighted by molar-refractivity contribution is -0.126. The Bertz CT molecular complexity index is 573. The first kappa shape index (κ1) is 15.0. The Morgan fingerprint density at radius 1 is 1.35 bits per heavy atom. The molecule has 4 nitrogen and oxygen atoms in total. The van der Waals surface area contributed by atoms with Gasteiger partial charge in [-0.15, -0.1) is 11.3 Å². The molecule has 3 N–H and O–H groups in total. The molecule has 1 unspecified atom stereocenters. The molecule has 0 bridgehead atoms. The van der Waals surface area contributed by atoms with E-state index >= 15 is 0 Å². The Kier molecular flexibility index (Phi) is 5.14. The van der Waals surface area contributed by atoms with Gasteiger partial charge in [-0.25, -0.2) is 5.84 Å². The fourth-order valence-corrected chi connectivity index (χ4v) is 3.25. The van der Waals surface area contributed by atoms with Crippen molar-refractivity contribution in [2.45, 2.75) is 12.6 Å². The molecule has 20 heavy (non-hydrogen) atoms. The summed E-state index contributed by atoms with van der Waals surface area (Å²) in [6.45, 7) is 0.629. The summed E-state index contributed by atoms with van der Waals surface area (Å²) < 4.78 is 0.743. The third-order valence-corrected chi connectivity index (χ3v) is 4.20. The maximum Gasteiger partial charge on any atom is 0.255 e. The van der Waals surface area contributed by atoms with Gasteiger partial charge >= 0.3 is 0 Å². The molecule has 1 aromatic heterocycles. The molecule has 1 amide bonds. The Morgan fingerprint density at radius 2 is 2.05 bits per heavy atom. The third kappa shape index (κ3) is 3.58. The van der Waals surface area contributed by atoms with Gasteiger partial charge in [-0.3, -0.25) is 15.1 Å². The minimum atomic E-state index is -0.429. The van der Waals surface area contributed by atoms with Gasteiger partial charge in [-0.05, 0) is 24.7 Å². The second-order valence-electron chi connectivity index (χ2n) is 4.44. The number of hydrogen-bond donors (Lipinski definition) is 2. The van der Waals surface area contributed by atoms with Crippen LogP contribution in [0, 0.1) is 0 Å². The van der Waals surface area contributed by atoms with Crippen molar-refractivity contribution in [3.63, 3.8) is 0 Å². The number of carbonyl (C=O) groups is 1. The highest BCUT2D eigenvalue weighted by atomic mass is 35.5. The normalized spacial score (nSPS) is 12.4. The first-order chi connectivity index (χ1) is 9.61. The lowest BCUT2D eigenvalue weighted by atomic mass is 10.1. The summed E-state index contributed by atoms with van der Waals surface area (Å²) in [7, 11) is 1.89. The smallest absolute Gasteiger partial charge is 0.255 e. The summed E-state index contributed by atoms with van der Waals surface area (Å²) in [6, 6.07) is 12.9. The average Bonchev–Trinajstić information content (AvgIpc) is 2.85. The number of thiophene rings is 1. The topological polar surface area (TPSA) is 58.4 Å². The molecule has 0 fully saturated rings. The Labute approximate surface area is 127 Å². The summed E-state index contributed by atoms with van der Waals surface area (Å²) >= 11 is 7.44. The highest BCUT2D eigenvalue weighted by molar-refractivity contribution is 7.16. The van der Waals surface area contributed by atoms with Gasteiger partial charge in [-0.2, -0.15) is 0 Å². The van der Waals surface area contributed by atoms with Gasteiger partial charge in [0.1, 0.15) is 6.04 Å². The number of nitrogens with two attached hydrogens (primary N) is 1. The molecule has 0 aliphatic rings. The molecule has 6 heteroatoms. The number of halogens is 1. The highest BCUT2D eigenvalue weighted by Crippen LogP contribution is 2.26. The van der Waals surface area contributed by atoms with E-state index in [2.05, 4.69) is 5.43 Å². The Hall–Kier alpha value is -1.40. The molecule has 0 aliphatic carbocycles. The third-order valence-electron chi connectivity index (χ3n) is 2.98. The van der Waals surface area contributed by atoms with E-state index in [0.29, 0.717) is 6.54 Å². The van der Waals surface area contributed by atoms with Crippen LogP contribution in [-0.4, -0.2) is 17.9 Å². The zero-order chi connectivity index (χ0) is 14.5. The minimum Gasteiger partial charge on any atom is -0.293 e. The predicted octanol–water partition coefficient (Wildman–Crippen LogP) is 2.56. The van der Waals surface area contributed by atoms with E-state index in [1.54, 1.807) is 0 Å². The van der Waals surface area contributed by atoms with E-state index < -0.39 is 6.04 Å². The molecule has 1 heterocycles. The van der Waals surface area contributed by atoms with E-state index in [1.807, 2.05) is 54.4 Å². The molecular weight excluding hydrogens is 294 g/mol. The van der Waals surface area contributed by atoms with Crippen LogP contribution in [0.15, 0.2) is 42.5 Å². The van der Waals surface area contributed by atoms with Gasteiger partial charge in [-0.1, -0.05) is 41.9 Å². The van der Waals surface area contributed by atoms with E-state index in [9.17, 15) is 4.79 Å². The molecule has 0 spiro atoms. The summed E-state index contributed by atoms with van der Waals surface area (Å²) in [5.74, 6) is 5.07. The minimum absolute atomic E-state index is 0.235. The van der Waals surface area contributed by atoms with Crippen LogP contribution in [0.25, 0.3) is 0 Å². The Balaban J connectivity index is 2.20. The number of nitrogens with zero attached hydrogens (tertiary/aromatic N) is 1. The van der Waals surface area contributed by atoms with E-state index in [1.165, 1.54) is 11.3 Å². The first-order valence-electron chi connectivity index (χ1n) is 6.11. The fraction of sp³-hybridized carbons (Fsp3) is 0.214. The highest BCUT2D eigenvalue weighted by Gasteiger charge is 2.24. The molecule has 0 radical (unpaired) electrons. The van der Waals surface area contributed by atoms with Crippen molar-refractivity contribution >= 4 is 28.8 Å². The number of rotatable bonds is 5. The van der Waals surface area contributed by atoms with Crippen molar-refractivity contribution < 1.29 is 4.79 Å². The maximum absolute atomic E-state index is 12.0. The lowest BCUT2D eigenvalue weighted by Crippen LogP contribution is -2.41. The van der Waals surface area contributed by atoms with Crippen molar-refractivity contribution in [3.05, 3.63) is 57.2 Å². The predicted molar refractivity (Wildman–Crippen MR) is 82.3 cm³/mol. The number of benzene rings is 1. The average molecular weight is 310 g/mol. The molecule has 2 rings (SSSR count). The van der Waals surface area contributed by atoms with Gasteiger partial charge in [0.25, 0.3) is 5.91 Å². The second kappa shape index (κ2) is 6.85. The summed E-state index contributed by atoms with van der Waals surface area (Å²) in [6.07, 6.45) is 0. The van der Waals surface area contributed by atoms with Crippen molar-refractivity contribution in [2.24, 2.45) is 5.84 Å². The molecule has 0 saturated carbocycles. The van der Waals surface area contributed by atoms with Crippen molar-refractivity contribution in [2.75, 3.05) is 7.05 Å². The molecule has 2 aromatic rings. The summed E-state index contributed by atoms with van der Waals surface area (Å²) in [5.41, 5.74) is 3.14. The van der Waals surface area contributed by atoms with Crippen LogP contribution in [-0.2, 0) is 11.3 Å². The number of hydrazine groups is 1. The molecule has 0 saturated heterocycles. The largest absolute Gasteiger partial charge is 0.293 e. The first-order valence-corrected chi connectivity index (χ1v) is 7.31. The van der Waals surface area contributed by atoms with E-state index in [-0.39, 0.29) is 5.91 Å². The molecule has 1 atom stereocenters. The van der Waals surface area contributed by atoms with Crippen molar-refractivity contribution in [1.29, 1.82) is 0 Å². The van der Waals surface area contributed by atoms with E-state index in [4.69, 9.17) is 17.4 Å². The lowest BCUT2D eigenvalue weighted by Gasteiger charge is -2.26. The fourth-order valence-electron chi connectivity index (χ4n) is 2.09. The zero-order valence-corrected chi connectivity index (χ0v) is 12.6. The molecule has 1 aromatic carbocycles. The second-order valence-corrected chi connectivity index (χ2v) is 6.24. The van der Waals surface area contributed by atoms with Gasteiger partial charge in [0, 0.05) is 11.4 Å². The SMILES string of the molecule is CN(Cc1ccc(Cl)s1)C(C(=O)NN)c1ccccc1. The van der Waals surface area contributed by atoms with Crippen LogP contribution in [0.2, 0.25) is 4.34 Å². The van der Waals surface area contributed by atoms with Crippen LogP contribution in [0.1, 0.15) is 16.5 Å². The van der Waals surface area contributed by atoms with Gasteiger partial charge < -0.3 is 0 Å². The standard InChI is InChI=1S/C14H16ClN3OS/c1-18(9-11-7-8-12(15)20-11)13(14(19)17-16)10-5-3-2-4-6-10/h2-8,13H,9,16H2,1H3,(H,17,19). The zero-order valence-electron chi connectivity index (χ0n) is 11.0. The van der Waals surface area contributed by atoms with Gasteiger partial charge in [0.05, 0.1) is 4.34 Å². The molecular formula is C14H16ClN3OS. The van der Waals surface area contributed by atoms with Crippen molar-refractivity contribution in [3.8, 4) is 0 Å². The van der Waals surface area contributed by atoms with Crippen LogP contribution >= 0.6 is 22.9 Å². The number of likely N-dealkylation sites (N-methyl/N-ethyl adjacent to an activating group) is 1. The van der Waals surface area contributed by atoms with Crippen LogP contribution in [0.4, 0.5) is 0 Å².